The summed E-state index contributed by atoms with van der Waals surface area (Å²) in [4.78, 5) is 2.42. The number of anilines is 1. The minimum atomic E-state index is 0.434. The van der Waals surface area contributed by atoms with E-state index in [0.29, 0.717) is 17.8 Å². The Morgan fingerprint density at radius 1 is 1.47 bits per heavy atom. The molecule has 0 aromatic heterocycles. The number of nitrogens with zero attached hydrogens (tertiary/aromatic N) is 1. The molecule has 0 radical (unpaired) electrons. The van der Waals surface area contributed by atoms with Crippen LogP contribution in [0.4, 0.5) is 5.69 Å². The molecule has 0 saturated heterocycles. The molecule has 2 rings (SSSR count). The van der Waals surface area contributed by atoms with Gasteiger partial charge in [-0.3, -0.25) is 0 Å². The highest BCUT2D eigenvalue weighted by Crippen LogP contribution is 2.39. The third kappa shape index (κ3) is 2.25. The second kappa shape index (κ2) is 4.96. The Balaban J connectivity index is 2.28. The summed E-state index contributed by atoms with van der Waals surface area (Å²) in [5.74, 6) is 0.434. The lowest BCUT2D eigenvalue weighted by atomic mass is 10.0. The molecule has 0 spiro atoms. The molecule has 1 heterocycles. The summed E-state index contributed by atoms with van der Waals surface area (Å²) in [6, 6.07) is 6.76. The van der Waals surface area contributed by atoms with Crippen molar-refractivity contribution in [2.24, 2.45) is 5.73 Å². The van der Waals surface area contributed by atoms with Crippen molar-refractivity contribution < 1.29 is 5.11 Å². The van der Waals surface area contributed by atoms with Gasteiger partial charge in [0.2, 0.25) is 0 Å². The summed E-state index contributed by atoms with van der Waals surface area (Å²) in [7, 11) is 0. The van der Waals surface area contributed by atoms with Crippen molar-refractivity contribution >= 4 is 5.69 Å². The summed E-state index contributed by atoms with van der Waals surface area (Å²) in [5, 5.41) is 9.92. The van der Waals surface area contributed by atoms with Crippen LogP contribution in [-0.4, -0.2) is 23.7 Å². The lowest BCUT2D eigenvalue weighted by molar-refractivity contribution is 0.466. The number of phenols is 1. The van der Waals surface area contributed by atoms with Crippen LogP contribution >= 0.6 is 0 Å². The van der Waals surface area contributed by atoms with Gasteiger partial charge in [0.05, 0.1) is 0 Å². The number of rotatable bonds is 4. The van der Waals surface area contributed by atoms with E-state index in [1.54, 1.807) is 6.07 Å². The van der Waals surface area contributed by atoms with Crippen molar-refractivity contribution in [3.05, 3.63) is 23.8 Å². The van der Waals surface area contributed by atoms with Gasteiger partial charge in [-0.05, 0) is 51.8 Å². The molecule has 1 aliphatic rings. The molecule has 3 N–H and O–H groups in total. The standard InChI is InChI=1S/C14H22N2O/c1-10(2)16-11(5-4-8-15)9-12-13(16)6-3-7-14(12)17/h3,6-7,10-11,17H,4-5,8-9,15H2,1-2H3. The van der Waals surface area contributed by atoms with E-state index >= 15 is 0 Å². The molecule has 0 aliphatic carbocycles. The molecule has 1 atom stereocenters. The topological polar surface area (TPSA) is 49.5 Å². The molecule has 1 unspecified atom stereocenters. The monoisotopic (exact) mass is 234 g/mol. The van der Waals surface area contributed by atoms with Gasteiger partial charge in [0.25, 0.3) is 0 Å². The fourth-order valence-corrected chi connectivity index (χ4v) is 2.84. The van der Waals surface area contributed by atoms with Crippen LogP contribution in [0.5, 0.6) is 5.75 Å². The zero-order valence-corrected chi connectivity index (χ0v) is 10.7. The van der Waals surface area contributed by atoms with Crippen molar-refractivity contribution in [2.45, 2.75) is 45.2 Å². The van der Waals surface area contributed by atoms with Gasteiger partial charge in [0.15, 0.2) is 0 Å². The second-order valence-electron chi connectivity index (χ2n) is 5.06. The Morgan fingerprint density at radius 3 is 2.88 bits per heavy atom. The van der Waals surface area contributed by atoms with E-state index in [-0.39, 0.29) is 0 Å². The molecular weight excluding hydrogens is 212 g/mol. The third-order valence-electron chi connectivity index (χ3n) is 3.54. The van der Waals surface area contributed by atoms with Crippen LogP contribution in [0.3, 0.4) is 0 Å². The van der Waals surface area contributed by atoms with E-state index in [2.05, 4.69) is 24.8 Å². The Hall–Kier alpha value is -1.22. The van der Waals surface area contributed by atoms with Gasteiger partial charge in [0, 0.05) is 23.3 Å². The molecule has 3 heteroatoms. The largest absolute Gasteiger partial charge is 0.508 e. The normalized spacial score (nSPS) is 18.8. The second-order valence-corrected chi connectivity index (χ2v) is 5.06. The molecular formula is C14H22N2O. The van der Waals surface area contributed by atoms with Crippen LogP contribution in [0.25, 0.3) is 0 Å². The number of aromatic hydroxyl groups is 1. The van der Waals surface area contributed by atoms with Crippen LogP contribution in [0.15, 0.2) is 18.2 Å². The van der Waals surface area contributed by atoms with Crippen LogP contribution < -0.4 is 10.6 Å². The fraction of sp³-hybridized carbons (Fsp3) is 0.571. The van der Waals surface area contributed by atoms with Crippen molar-refractivity contribution in [1.82, 2.24) is 0 Å². The van der Waals surface area contributed by atoms with Gasteiger partial charge in [-0.2, -0.15) is 0 Å². The summed E-state index contributed by atoms with van der Waals surface area (Å²) < 4.78 is 0. The highest BCUT2D eigenvalue weighted by molar-refractivity contribution is 5.64. The van der Waals surface area contributed by atoms with Gasteiger partial charge in [-0.25, -0.2) is 0 Å². The van der Waals surface area contributed by atoms with Gasteiger partial charge in [0.1, 0.15) is 5.75 Å². The molecule has 1 aromatic carbocycles. The van der Waals surface area contributed by atoms with E-state index in [1.807, 2.05) is 6.07 Å². The zero-order valence-electron chi connectivity index (χ0n) is 10.7. The Morgan fingerprint density at radius 2 is 2.24 bits per heavy atom. The number of benzene rings is 1. The minimum absolute atomic E-state index is 0.434. The predicted molar refractivity (Wildman–Crippen MR) is 71.5 cm³/mol. The van der Waals surface area contributed by atoms with E-state index in [1.165, 1.54) is 5.69 Å². The zero-order chi connectivity index (χ0) is 12.4. The van der Waals surface area contributed by atoms with Crippen molar-refractivity contribution in [3.63, 3.8) is 0 Å². The highest BCUT2D eigenvalue weighted by atomic mass is 16.3. The fourth-order valence-electron chi connectivity index (χ4n) is 2.84. The quantitative estimate of drug-likeness (QED) is 0.840. The maximum atomic E-state index is 9.92. The Kier molecular flexibility index (Phi) is 3.57. The first-order valence-electron chi connectivity index (χ1n) is 6.44. The average Bonchev–Trinajstić information content (AvgIpc) is 2.66. The SMILES string of the molecule is CC(C)N1c2cccc(O)c2CC1CCCN. The summed E-state index contributed by atoms with van der Waals surface area (Å²) >= 11 is 0. The minimum Gasteiger partial charge on any atom is -0.508 e. The predicted octanol–water partition coefficient (Wildman–Crippen LogP) is 2.27. The molecule has 0 saturated carbocycles. The molecule has 94 valence electrons. The molecule has 1 aromatic rings. The first-order chi connectivity index (χ1) is 8.15. The maximum Gasteiger partial charge on any atom is 0.120 e. The van der Waals surface area contributed by atoms with E-state index in [9.17, 15) is 5.11 Å². The first kappa shape index (κ1) is 12.2. The summed E-state index contributed by atoms with van der Waals surface area (Å²) in [5.41, 5.74) is 7.89. The molecule has 3 nitrogen and oxygen atoms in total. The first-order valence-corrected chi connectivity index (χ1v) is 6.44. The number of fused-ring (bicyclic) bond motifs is 1. The van der Waals surface area contributed by atoms with Gasteiger partial charge in [-0.15, -0.1) is 0 Å². The highest BCUT2D eigenvalue weighted by Gasteiger charge is 2.31. The van der Waals surface area contributed by atoms with Crippen LogP contribution in [-0.2, 0) is 6.42 Å². The summed E-state index contributed by atoms with van der Waals surface area (Å²) in [6.07, 6.45) is 3.09. The molecule has 0 bridgehead atoms. The Labute approximate surface area is 103 Å². The third-order valence-corrected chi connectivity index (χ3v) is 3.54. The van der Waals surface area contributed by atoms with Gasteiger partial charge < -0.3 is 15.7 Å². The molecule has 0 fully saturated rings. The van der Waals surface area contributed by atoms with Crippen molar-refractivity contribution in [1.29, 1.82) is 0 Å². The van der Waals surface area contributed by atoms with Gasteiger partial charge >= 0.3 is 0 Å². The molecule has 17 heavy (non-hydrogen) atoms. The van der Waals surface area contributed by atoms with Gasteiger partial charge in [-0.1, -0.05) is 6.07 Å². The number of nitrogens with two attached hydrogens (primary N) is 1. The smallest absolute Gasteiger partial charge is 0.120 e. The number of hydrogen-bond donors (Lipinski definition) is 2. The molecule has 1 aliphatic heterocycles. The Bertz CT molecular complexity index is 390. The van der Waals surface area contributed by atoms with Crippen LogP contribution in [0.2, 0.25) is 0 Å². The number of hydrogen-bond acceptors (Lipinski definition) is 3. The molecule has 0 amide bonds. The van der Waals surface area contributed by atoms with Crippen molar-refractivity contribution in [2.75, 3.05) is 11.4 Å². The van der Waals surface area contributed by atoms with E-state index in [0.717, 1.165) is 31.4 Å². The summed E-state index contributed by atoms with van der Waals surface area (Å²) in [6.45, 7) is 5.15. The lowest BCUT2D eigenvalue weighted by Gasteiger charge is -2.31. The lowest BCUT2D eigenvalue weighted by Crippen LogP contribution is -2.38. The van der Waals surface area contributed by atoms with E-state index in [4.69, 9.17) is 5.73 Å². The van der Waals surface area contributed by atoms with Crippen LogP contribution in [0.1, 0.15) is 32.3 Å². The number of phenolic OH excluding ortho intramolecular Hbond substituents is 1. The van der Waals surface area contributed by atoms with E-state index < -0.39 is 0 Å². The van der Waals surface area contributed by atoms with Crippen molar-refractivity contribution in [3.8, 4) is 5.75 Å². The average molecular weight is 234 g/mol. The maximum absolute atomic E-state index is 9.92. The van der Waals surface area contributed by atoms with Crippen LogP contribution in [0, 0.1) is 0 Å².